The zero-order valence-corrected chi connectivity index (χ0v) is 17.4. The minimum atomic E-state index is -0.840. The third-order valence-electron chi connectivity index (χ3n) is 5.88. The molecule has 0 radical (unpaired) electrons. The number of fused-ring (bicyclic) bond motifs is 1. The van der Waals surface area contributed by atoms with E-state index in [1.807, 2.05) is 7.05 Å². The van der Waals surface area contributed by atoms with Gasteiger partial charge in [0.1, 0.15) is 23.3 Å². The molecule has 0 saturated heterocycles. The summed E-state index contributed by atoms with van der Waals surface area (Å²) in [6.07, 6.45) is 4.11. The second-order valence-corrected chi connectivity index (χ2v) is 8.54. The van der Waals surface area contributed by atoms with Gasteiger partial charge in [0.05, 0.1) is 11.0 Å². The number of hydrogen-bond acceptors (Lipinski definition) is 6. The smallest absolute Gasteiger partial charge is 0.408 e. The molecule has 8 heteroatoms. The standard InChI is InChI=1S/C21H29FN4O3/c1-5-20(2,3)9-8-15(18(27)26-21(23-4)10-11-21)24-17-14-7-6-13(22)12-16(14)29-19(28)25-17/h6-7,12,15,23H,5,8-11H2,1-4H3,(H,26,27)(H,24,25,28). The number of carbonyl (C=O) groups excluding carboxylic acids is 1. The Labute approximate surface area is 169 Å². The molecule has 0 aliphatic heterocycles. The van der Waals surface area contributed by atoms with E-state index in [2.05, 4.69) is 41.7 Å². The average Bonchev–Trinajstić information content (AvgIpc) is 3.44. The minimum absolute atomic E-state index is 0.0782. The minimum Gasteiger partial charge on any atom is -0.408 e. The van der Waals surface area contributed by atoms with Crippen LogP contribution in [0.15, 0.2) is 27.4 Å². The third-order valence-corrected chi connectivity index (χ3v) is 5.88. The molecule has 1 heterocycles. The lowest BCUT2D eigenvalue weighted by atomic mass is 9.84. The van der Waals surface area contributed by atoms with Crippen LogP contribution in [-0.2, 0) is 4.79 Å². The molecule has 1 amide bonds. The molecule has 1 atom stereocenters. The molecule has 158 valence electrons. The molecule has 3 N–H and O–H groups in total. The fraction of sp³-hybridized carbons (Fsp3) is 0.571. The molecule has 0 spiro atoms. The summed E-state index contributed by atoms with van der Waals surface area (Å²) in [6, 6.07) is 3.31. The van der Waals surface area contributed by atoms with Gasteiger partial charge in [-0.05, 0) is 50.3 Å². The van der Waals surface area contributed by atoms with Crippen molar-refractivity contribution in [3.05, 3.63) is 34.6 Å². The van der Waals surface area contributed by atoms with E-state index < -0.39 is 17.6 Å². The summed E-state index contributed by atoms with van der Waals surface area (Å²) in [6.45, 7) is 6.44. The topological polar surface area (TPSA) is 96.3 Å². The van der Waals surface area contributed by atoms with Crippen molar-refractivity contribution >= 4 is 22.7 Å². The fourth-order valence-corrected chi connectivity index (χ4v) is 3.19. The van der Waals surface area contributed by atoms with E-state index in [4.69, 9.17) is 4.42 Å². The number of rotatable bonds is 9. The van der Waals surface area contributed by atoms with Gasteiger partial charge in [-0.25, -0.2) is 9.18 Å². The van der Waals surface area contributed by atoms with Crippen LogP contribution in [-0.4, -0.2) is 29.6 Å². The number of halogens is 1. The van der Waals surface area contributed by atoms with Crippen molar-refractivity contribution in [3.63, 3.8) is 0 Å². The highest BCUT2D eigenvalue weighted by atomic mass is 19.1. The van der Waals surface area contributed by atoms with Gasteiger partial charge < -0.3 is 15.1 Å². The maximum atomic E-state index is 13.5. The Bertz CT molecular complexity index is 953. The summed E-state index contributed by atoms with van der Waals surface area (Å²) < 4.78 is 18.5. The molecule has 2 aromatic rings. The number of anilines is 1. The molecule has 1 unspecified atom stereocenters. The first-order chi connectivity index (χ1) is 13.7. The molecular weight excluding hydrogens is 375 g/mol. The highest BCUT2D eigenvalue weighted by molar-refractivity contribution is 5.91. The molecule has 3 rings (SSSR count). The van der Waals surface area contributed by atoms with Gasteiger partial charge in [-0.1, -0.05) is 27.2 Å². The van der Waals surface area contributed by atoms with Gasteiger partial charge in [0.2, 0.25) is 5.91 Å². The summed E-state index contributed by atoms with van der Waals surface area (Å²) in [7, 11) is 1.82. The lowest BCUT2D eigenvalue weighted by Gasteiger charge is -2.28. The maximum Gasteiger partial charge on any atom is 0.441 e. The van der Waals surface area contributed by atoms with Crippen molar-refractivity contribution < 1.29 is 13.6 Å². The van der Waals surface area contributed by atoms with Crippen LogP contribution in [0.1, 0.15) is 52.9 Å². The number of amides is 1. The number of nitrogens with one attached hydrogen (secondary N) is 3. The summed E-state index contributed by atoms with van der Waals surface area (Å²) in [5.74, 6) is -1.29. The fourth-order valence-electron chi connectivity index (χ4n) is 3.19. The van der Waals surface area contributed by atoms with Crippen molar-refractivity contribution in [3.8, 4) is 0 Å². The Kier molecular flexibility index (Phi) is 5.93. The van der Waals surface area contributed by atoms with Crippen LogP contribution in [0.2, 0.25) is 0 Å². The van der Waals surface area contributed by atoms with Crippen molar-refractivity contribution in [2.75, 3.05) is 12.4 Å². The Morgan fingerprint density at radius 3 is 2.72 bits per heavy atom. The van der Waals surface area contributed by atoms with Crippen LogP contribution in [0, 0.1) is 11.2 Å². The van der Waals surface area contributed by atoms with E-state index >= 15 is 0 Å². The predicted molar refractivity (Wildman–Crippen MR) is 110 cm³/mol. The van der Waals surface area contributed by atoms with Crippen LogP contribution in [0.5, 0.6) is 0 Å². The van der Waals surface area contributed by atoms with Crippen molar-refractivity contribution in [1.29, 1.82) is 0 Å². The number of benzene rings is 1. The van der Waals surface area contributed by atoms with Crippen molar-refractivity contribution in [2.45, 2.75) is 64.6 Å². The first kappa shape index (κ1) is 21.2. The average molecular weight is 404 g/mol. The van der Waals surface area contributed by atoms with Crippen LogP contribution < -0.4 is 21.7 Å². The zero-order chi connectivity index (χ0) is 21.2. The van der Waals surface area contributed by atoms with Crippen molar-refractivity contribution in [1.82, 2.24) is 15.6 Å². The molecule has 1 aromatic heterocycles. The Morgan fingerprint density at radius 1 is 1.38 bits per heavy atom. The Morgan fingerprint density at radius 2 is 2.10 bits per heavy atom. The van der Waals surface area contributed by atoms with Gasteiger partial charge in [-0.15, -0.1) is 0 Å². The number of carbonyl (C=O) groups is 1. The third kappa shape index (κ3) is 5.12. The van der Waals surface area contributed by atoms with Crippen molar-refractivity contribution in [2.24, 2.45) is 5.41 Å². The Balaban J connectivity index is 1.89. The van der Waals surface area contributed by atoms with Crippen LogP contribution in [0.25, 0.3) is 11.0 Å². The van der Waals surface area contributed by atoms with Gasteiger partial charge in [0.15, 0.2) is 0 Å². The molecule has 1 fully saturated rings. The predicted octanol–water partition coefficient (Wildman–Crippen LogP) is 3.15. The molecule has 1 aliphatic rings. The molecule has 7 nitrogen and oxygen atoms in total. The summed E-state index contributed by atoms with van der Waals surface area (Å²) in [5.41, 5.74) is -0.185. The van der Waals surface area contributed by atoms with Crippen LogP contribution in [0.4, 0.5) is 10.2 Å². The number of hydrogen-bond donors (Lipinski definition) is 3. The van der Waals surface area contributed by atoms with Gasteiger partial charge in [0, 0.05) is 6.07 Å². The van der Waals surface area contributed by atoms with E-state index in [1.165, 1.54) is 12.1 Å². The molecule has 0 bridgehead atoms. The molecule has 1 aromatic carbocycles. The molecule has 29 heavy (non-hydrogen) atoms. The monoisotopic (exact) mass is 404 g/mol. The zero-order valence-electron chi connectivity index (χ0n) is 17.4. The lowest BCUT2D eigenvalue weighted by Crippen LogP contribution is -2.51. The first-order valence-corrected chi connectivity index (χ1v) is 10.0. The van der Waals surface area contributed by atoms with Gasteiger partial charge in [0.25, 0.3) is 0 Å². The van der Waals surface area contributed by atoms with Crippen LogP contribution in [0.3, 0.4) is 0 Å². The van der Waals surface area contributed by atoms with E-state index in [-0.39, 0.29) is 28.4 Å². The van der Waals surface area contributed by atoms with E-state index in [9.17, 15) is 14.0 Å². The van der Waals surface area contributed by atoms with Gasteiger partial charge >= 0.3 is 5.76 Å². The van der Waals surface area contributed by atoms with E-state index in [1.54, 1.807) is 0 Å². The summed E-state index contributed by atoms with van der Waals surface area (Å²) in [5, 5.41) is 9.78. The normalized spacial score (nSPS) is 16.4. The first-order valence-electron chi connectivity index (χ1n) is 10.0. The summed E-state index contributed by atoms with van der Waals surface area (Å²) >= 11 is 0. The number of nitrogens with zero attached hydrogens (tertiary/aromatic N) is 1. The highest BCUT2D eigenvalue weighted by Crippen LogP contribution is 2.33. The quantitative estimate of drug-likeness (QED) is 0.556. The Hall–Kier alpha value is -2.48. The lowest BCUT2D eigenvalue weighted by molar-refractivity contribution is -0.123. The second kappa shape index (κ2) is 8.10. The largest absolute Gasteiger partial charge is 0.441 e. The van der Waals surface area contributed by atoms with E-state index in [0.29, 0.717) is 11.8 Å². The molecular formula is C21H29FN4O3. The summed E-state index contributed by atoms with van der Waals surface area (Å²) in [4.78, 5) is 28.8. The molecule has 1 aliphatic carbocycles. The SMILES string of the molecule is CCC(C)(C)CCC(Nc1nc(=O)oc2cc(F)ccc12)C(=O)NC1(NC)CC1. The van der Waals surface area contributed by atoms with E-state index in [0.717, 1.165) is 31.7 Å². The molecule has 1 saturated carbocycles. The van der Waals surface area contributed by atoms with Gasteiger partial charge in [-0.3, -0.25) is 10.1 Å². The highest BCUT2D eigenvalue weighted by Gasteiger charge is 2.43. The van der Waals surface area contributed by atoms with Crippen LogP contribution >= 0.6 is 0 Å². The maximum absolute atomic E-state index is 13.5. The second-order valence-electron chi connectivity index (χ2n) is 8.54. The number of aromatic nitrogens is 1. The van der Waals surface area contributed by atoms with Gasteiger partial charge in [-0.2, -0.15) is 4.98 Å².